The smallest absolute Gasteiger partial charge is 0.00135 e. The number of unbranched alkanes of at least 4 members (excludes halogenated alkanes) is 1. The summed E-state index contributed by atoms with van der Waals surface area (Å²) in [4.78, 5) is 2.46. The van der Waals surface area contributed by atoms with E-state index in [-0.39, 0.29) is 5.41 Å². The van der Waals surface area contributed by atoms with Gasteiger partial charge in [-0.2, -0.15) is 0 Å². The molecule has 0 unspecified atom stereocenters. The molecule has 0 bridgehead atoms. The van der Waals surface area contributed by atoms with E-state index in [0.29, 0.717) is 0 Å². The van der Waals surface area contributed by atoms with Crippen LogP contribution in [0.2, 0.25) is 0 Å². The van der Waals surface area contributed by atoms with Crippen LogP contribution in [-0.2, 0) is 5.41 Å². The zero-order valence-electron chi connectivity index (χ0n) is 12.8. The monoisotopic (exact) mass is 247 g/mol. The molecule has 0 spiro atoms. The molecule has 0 fully saturated rings. The van der Waals surface area contributed by atoms with Gasteiger partial charge in [0.05, 0.1) is 0 Å². The van der Waals surface area contributed by atoms with Crippen molar-refractivity contribution in [3.8, 4) is 0 Å². The Morgan fingerprint density at radius 3 is 2.22 bits per heavy atom. The third-order valence-electron chi connectivity index (χ3n) is 3.84. The Bertz CT molecular complexity index is 337. The largest absolute Gasteiger partial charge is 0.306 e. The Morgan fingerprint density at radius 1 is 1.06 bits per heavy atom. The molecular weight excluding hydrogens is 218 g/mol. The molecule has 102 valence electrons. The second kappa shape index (κ2) is 6.94. The molecule has 0 N–H and O–H groups in total. The molecule has 1 heteroatoms. The molecule has 18 heavy (non-hydrogen) atoms. The highest BCUT2D eigenvalue weighted by atomic mass is 15.1. The van der Waals surface area contributed by atoms with Crippen LogP contribution >= 0.6 is 0 Å². The predicted molar refractivity (Wildman–Crippen MR) is 81.2 cm³/mol. The molecule has 0 atom stereocenters. The van der Waals surface area contributed by atoms with Crippen LogP contribution in [0.5, 0.6) is 0 Å². The minimum Gasteiger partial charge on any atom is -0.306 e. The number of nitrogens with zero attached hydrogens (tertiary/aromatic N) is 1. The fourth-order valence-corrected chi connectivity index (χ4v) is 2.16. The van der Waals surface area contributed by atoms with Crippen LogP contribution in [0.25, 0.3) is 0 Å². The lowest BCUT2D eigenvalue weighted by Gasteiger charge is -2.28. The zero-order valence-corrected chi connectivity index (χ0v) is 12.8. The molecule has 0 radical (unpaired) electrons. The maximum Gasteiger partial charge on any atom is -0.00135 e. The van der Waals surface area contributed by atoms with Crippen LogP contribution in [-0.4, -0.2) is 25.0 Å². The molecule has 0 aliphatic heterocycles. The van der Waals surface area contributed by atoms with Crippen molar-refractivity contribution in [3.63, 3.8) is 0 Å². The Balaban J connectivity index is 2.51. The first-order valence-electron chi connectivity index (χ1n) is 7.21. The van der Waals surface area contributed by atoms with Gasteiger partial charge in [0.1, 0.15) is 0 Å². The standard InChI is InChI=1S/C17H29N/c1-6-7-13-18(5)14-12-17(3,4)16-10-8-15(2)9-11-16/h8-11H,6-7,12-14H2,1-5H3. The van der Waals surface area contributed by atoms with Crippen molar-refractivity contribution in [2.75, 3.05) is 20.1 Å². The van der Waals surface area contributed by atoms with Gasteiger partial charge in [-0.1, -0.05) is 57.0 Å². The highest BCUT2D eigenvalue weighted by Crippen LogP contribution is 2.27. The fourth-order valence-electron chi connectivity index (χ4n) is 2.16. The minimum absolute atomic E-state index is 0.272. The lowest BCUT2D eigenvalue weighted by atomic mass is 9.81. The summed E-state index contributed by atoms with van der Waals surface area (Å²) in [5.74, 6) is 0. The van der Waals surface area contributed by atoms with Gasteiger partial charge in [-0.15, -0.1) is 0 Å². The van der Waals surface area contributed by atoms with Crippen LogP contribution in [0.1, 0.15) is 51.2 Å². The quantitative estimate of drug-likeness (QED) is 0.690. The van der Waals surface area contributed by atoms with Gasteiger partial charge in [-0.3, -0.25) is 0 Å². The van der Waals surface area contributed by atoms with E-state index in [1.54, 1.807) is 0 Å². The van der Waals surface area contributed by atoms with E-state index < -0.39 is 0 Å². The van der Waals surface area contributed by atoms with Gasteiger partial charge in [-0.25, -0.2) is 0 Å². The Hall–Kier alpha value is -0.820. The average Bonchev–Trinajstić information content (AvgIpc) is 2.34. The lowest BCUT2D eigenvalue weighted by Crippen LogP contribution is -2.28. The van der Waals surface area contributed by atoms with Crippen LogP contribution in [0, 0.1) is 6.92 Å². The van der Waals surface area contributed by atoms with Crippen LogP contribution in [0.4, 0.5) is 0 Å². The van der Waals surface area contributed by atoms with E-state index in [2.05, 4.69) is 63.9 Å². The summed E-state index contributed by atoms with van der Waals surface area (Å²) in [6.07, 6.45) is 3.81. The number of hydrogen-bond acceptors (Lipinski definition) is 1. The predicted octanol–water partition coefficient (Wildman–Crippen LogP) is 4.39. The fraction of sp³-hybridized carbons (Fsp3) is 0.647. The average molecular weight is 247 g/mol. The summed E-state index contributed by atoms with van der Waals surface area (Å²) >= 11 is 0. The van der Waals surface area contributed by atoms with Gasteiger partial charge in [0, 0.05) is 0 Å². The number of rotatable bonds is 7. The molecule has 1 aromatic carbocycles. The van der Waals surface area contributed by atoms with Gasteiger partial charge >= 0.3 is 0 Å². The van der Waals surface area contributed by atoms with Crippen molar-refractivity contribution in [2.45, 2.75) is 52.4 Å². The van der Waals surface area contributed by atoms with Crippen molar-refractivity contribution in [3.05, 3.63) is 35.4 Å². The van der Waals surface area contributed by atoms with E-state index in [9.17, 15) is 0 Å². The third-order valence-corrected chi connectivity index (χ3v) is 3.84. The van der Waals surface area contributed by atoms with Crippen molar-refractivity contribution in [1.82, 2.24) is 4.90 Å². The Morgan fingerprint density at radius 2 is 1.67 bits per heavy atom. The Labute approximate surface area is 113 Å². The summed E-state index contributed by atoms with van der Waals surface area (Å²) < 4.78 is 0. The van der Waals surface area contributed by atoms with Gasteiger partial charge in [-0.05, 0) is 50.9 Å². The van der Waals surface area contributed by atoms with Crippen molar-refractivity contribution < 1.29 is 0 Å². The molecule has 0 heterocycles. The van der Waals surface area contributed by atoms with Gasteiger partial charge < -0.3 is 4.90 Å². The Kier molecular flexibility index (Phi) is 5.87. The number of hydrogen-bond donors (Lipinski definition) is 0. The summed E-state index contributed by atoms with van der Waals surface area (Å²) in [7, 11) is 2.24. The molecule has 1 aromatic rings. The summed E-state index contributed by atoms with van der Waals surface area (Å²) in [5.41, 5.74) is 3.07. The van der Waals surface area contributed by atoms with E-state index >= 15 is 0 Å². The number of benzene rings is 1. The molecular formula is C17H29N. The molecule has 1 rings (SSSR count). The van der Waals surface area contributed by atoms with E-state index in [1.807, 2.05) is 0 Å². The van der Waals surface area contributed by atoms with Crippen LogP contribution in [0.15, 0.2) is 24.3 Å². The second-order valence-electron chi connectivity index (χ2n) is 6.16. The topological polar surface area (TPSA) is 3.24 Å². The SMILES string of the molecule is CCCCN(C)CCC(C)(C)c1ccc(C)cc1. The molecule has 0 aromatic heterocycles. The highest BCUT2D eigenvalue weighted by molar-refractivity contribution is 5.27. The van der Waals surface area contributed by atoms with Crippen LogP contribution < -0.4 is 0 Å². The molecule has 0 amide bonds. The van der Waals surface area contributed by atoms with Crippen molar-refractivity contribution >= 4 is 0 Å². The third kappa shape index (κ3) is 4.81. The minimum atomic E-state index is 0.272. The van der Waals surface area contributed by atoms with Gasteiger partial charge in [0.2, 0.25) is 0 Å². The van der Waals surface area contributed by atoms with Gasteiger partial charge in [0.25, 0.3) is 0 Å². The molecule has 0 aliphatic rings. The molecule has 0 saturated carbocycles. The van der Waals surface area contributed by atoms with Crippen molar-refractivity contribution in [2.24, 2.45) is 0 Å². The first-order valence-corrected chi connectivity index (χ1v) is 7.21. The van der Waals surface area contributed by atoms with Gasteiger partial charge in [0.15, 0.2) is 0 Å². The van der Waals surface area contributed by atoms with E-state index in [1.165, 1.54) is 43.5 Å². The maximum absolute atomic E-state index is 2.46. The van der Waals surface area contributed by atoms with E-state index in [0.717, 1.165) is 0 Å². The van der Waals surface area contributed by atoms with E-state index in [4.69, 9.17) is 0 Å². The lowest BCUT2D eigenvalue weighted by molar-refractivity contribution is 0.290. The van der Waals surface area contributed by atoms with Crippen LogP contribution in [0.3, 0.4) is 0 Å². The summed E-state index contributed by atoms with van der Waals surface area (Å²) in [5, 5.41) is 0. The molecule has 1 nitrogen and oxygen atoms in total. The normalized spacial score (nSPS) is 12.1. The first-order chi connectivity index (χ1) is 8.45. The first kappa shape index (κ1) is 15.2. The maximum atomic E-state index is 2.46. The molecule has 0 aliphatic carbocycles. The van der Waals surface area contributed by atoms with Crippen molar-refractivity contribution in [1.29, 1.82) is 0 Å². The highest BCUT2D eigenvalue weighted by Gasteiger charge is 2.20. The summed E-state index contributed by atoms with van der Waals surface area (Å²) in [6.45, 7) is 11.5. The number of aryl methyl sites for hydroxylation is 1. The molecule has 0 saturated heterocycles. The summed E-state index contributed by atoms with van der Waals surface area (Å²) in [6, 6.07) is 9.00. The zero-order chi connectivity index (χ0) is 13.6. The second-order valence-corrected chi connectivity index (χ2v) is 6.16.